The molecule has 1 aromatic rings. The lowest BCUT2D eigenvalue weighted by atomic mass is 9.97. The van der Waals surface area contributed by atoms with Crippen LogP contribution in [0.5, 0.6) is 5.75 Å². The predicted octanol–water partition coefficient (Wildman–Crippen LogP) is 1.88. The number of ether oxygens (including phenoxy) is 1. The highest BCUT2D eigenvalue weighted by molar-refractivity contribution is 5.33. The molecule has 0 aromatic heterocycles. The van der Waals surface area contributed by atoms with E-state index in [2.05, 4.69) is 11.4 Å². The van der Waals surface area contributed by atoms with Gasteiger partial charge in [-0.05, 0) is 38.9 Å². The Morgan fingerprint density at radius 1 is 1.47 bits per heavy atom. The van der Waals surface area contributed by atoms with Crippen molar-refractivity contribution in [3.8, 4) is 11.8 Å². The Morgan fingerprint density at radius 3 is 2.74 bits per heavy atom. The Labute approximate surface area is 115 Å². The van der Waals surface area contributed by atoms with E-state index in [1.165, 1.54) is 0 Å². The summed E-state index contributed by atoms with van der Waals surface area (Å²) in [6, 6.07) is 9.92. The van der Waals surface area contributed by atoms with Crippen LogP contribution in [-0.4, -0.2) is 30.4 Å². The van der Waals surface area contributed by atoms with Crippen LogP contribution in [-0.2, 0) is 6.42 Å². The Morgan fingerprint density at radius 2 is 2.16 bits per heavy atom. The van der Waals surface area contributed by atoms with Gasteiger partial charge in [-0.1, -0.05) is 18.2 Å². The number of benzene rings is 1. The molecule has 0 amide bonds. The van der Waals surface area contributed by atoms with Crippen molar-refractivity contribution in [3.63, 3.8) is 0 Å². The second-order valence-corrected chi connectivity index (χ2v) is 4.91. The topological polar surface area (TPSA) is 65.3 Å². The van der Waals surface area contributed by atoms with Crippen molar-refractivity contribution in [2.75, 3.05) is 13.7 Å². The number of hydrogen-bond donors (Lipinski definition) is 2. The van der Waals surface area contributed by atoms with Crippen molar-refractivity contribution in [2.45, 2.75) is 38.3 Å². The second kappa shape index (κ2) is 7.13. The van der Waals surface area contributed by atoms with Crippen LogP contribution < -0.4 is 10.1 Å². The summed E-state index contributed by atoms with van der Waals surface area (Å²) in [6.45, 7) is 3.90. The molecule has 0 saturated heterocycles. The van der Waals surface area contributed by atoms with Gasteiger partial charge in [0.2, 0.25) is 0 Å². The van der Waals surface area contributed by atoms with E-state index < -0.39 is 5.54 Å². The van der Waals surface area contributed by atoms with Crippen LogP contribution in [0.2, 0.25) is 0 Å². The van der Waals surface area contributed by atoms with Gasteiger partial charge in [0.15, 0.2) is 0 Å². The lowest BCUT2D eigenvalue weighted by molar-refractivity contribution is 0.180. The van der Waals surface area contributed by atoms with Crippen LogP contribution in [0.25, 0.3) is 0 Å². The molecule has 0 heterocycles. The van der Waals surface area contributed by atoms with Crippen LogP contribution in [0, 0.1) is 11.3 Å². The largest absolute Gasteiger partial charge is 0.490 e. The first-order chi connectivity index (χ1) is 9.04. The van der Waals surface area contributed by atoms with Gasteiger partial charge < -0.3 is 15.2 Å². The summed E-state index contributed by atoms with van der Waals surface area (Å²) < 4.78 is 5.90. The SMILES string of the molecule is CNC(C)(C#N)CC(C)Oc1ccccc1CCO. The molecule has 4 nitrogen and oxygen atoms in total. The number of rotatable bonds is 7. The van der Waals surface area contributed by atoms with E-state index in [-0.39, 0.29) is 12.7 Å². The van der Waals surface area contributed by atoms with E-state index in [1.54, 1.807) is 7.05 Å². The first-order valence-electron chi connectivity index (χ1n) is 6.50. The van der Waals surface area contributed by atoms with Gasteiger partial charge in [-0.3, -0.25) is 0 Å². The molecular weight excluding hydrogens is 240 g/mol. The van der Waals surface area contributed by atoms with Crippen molar-refractivity contribution in [3.05, 3.63) is 29.8 Å². The second-order valence-electron chi connectivity index (χ2n) is 4.91. The molecule has 1 aromatic carbocycles. The number of nitrogens with zero attached hydrogens (tertiary/aromatic N) is 1. The van der Waals surface area contributed by atoms with Gasteiger partial charge in [0.1, 0.15) is 11.3 Å². The first kappa shape index (κ1) is 15.5. The Balaban J connectivity index is 2.72. The molecule has 0 saturated carbocycles. The minimum Gasteiger partial charge on any atom is -0.490 e. The number of aliphatic hydroxyl groups is 1. The van der Waals surface area contributed by atoms with Crippen LogP contribution in [0.3, 0.4) is 0 Å². The van der Waals surface area contributed by atoms with E-state index in [0.717, 1.165) is 11.3 Å². The van der Waals surface area contributed by atoms with E-state index in [4.69, 9.17) is 15.1 Å². The van der Waals surface area contributed by atoms with E-state index in [9.17, 15) is 0 Å². The zero-order valence-corrected chi connectivity index (χ0v) is 11.8. The third kappa shape index (κ3) is 4.55. The molecule has 1 rings (SSSR count). The lowest BCUT2D eigenvalue weighted by Crippen LogP contribution is -2.41. The van der Waals surface area contributed by atoms with Gasteiger partial charge in [-0.15, -0.1) is 0 Å². The normalized spacial score (nSPS) is 15.3. The highest BCUT2D eigenvalue weighted by Gasteiger charge is 2.25. The van der Waals surface area contributed by atoms with E-state index in [1.807, 2.05) is 38.1 Å². The fourth-order valence-electron chi connectivity index (χ4n) is 1.98. The average molecular weight is 262 g/mol. The van der Waals surface area contributed by atoms with Crippen molar-refractivity contribution in [2.24, 2.45) is 0 Å². The third-order valence-electron chi connectivity index (χ3n) is 3.18. The molecule has 19 heavy (non-hydrogen) atoms. The zero-order valence-electron chi connectivity index (χ0n) is 11.8. The summed E-state index contributed by atoms with van der Waals surface area (Å²) in [6.07, 6.45) is 1.08. The number of nitriles is 1. The molecule has 0 bridgehead atoms. The van der Waals surface area contributed by atoms with Gasteiger partial charge in [-0.25, -0.2) is 0 Å². The smallest absolute Gasteiger partial charge is 0.122 e. The molecule has 2 atom stereocenters. The first-order valence-corrected chi connectivity index (χ1v) is 6.50. The standard InChI is InChI=1S/C15H22N2O2/c1-12(10-15(2,11-16)17-3)19-14-7-5-4-6-13(14)8-9-18/h4-7,12,17-18H,8-10H2,1-3H3. The van der Waals surface area contributed by atoms with Gasteiger partial charge in [0.25, 0.3) is 0 Å². The molecule has 0 fully saturated rings. The predicted molar refractivity (Wildman–Crippen MR) is 75.0 cm³/mol. The molecule has 0 radical (unpaired) electrons. The summed E-state index contributed by atoms with van der Waals surface area (Å²) >= 11 is 0. The van der Waals surface area contributed by atoms with E-state index in [0.29, 0.717) is 12.8 Å². The summed E-state index contributed by atoms with van der Waals surface area (Å²) in [7, 11) is 1.77. The van der Waals surface area contributed by atoms with Crippen molar-refractivity contribution >= 4 is 0 Å². The maximum absolute atomic E-state index is 9.14. The van der Waals surface area contributed by atoms with Crippen molar-refractivity contribution < 1.29 is 9.84 Å². The van der Waals surface area contributed by atoms with Crippen LogP contribution in [0.15, 0.2) is 24.3 Å². The maximum atomic E-state index is 9.14. The number of nitrogens with one attached hydrogen (secondary N) is 1. The van der Waals surface area contributed by atoms with Crippen molar-refractivity contribution in [1.82, 2.24) is 5.32 Å². The summed E-state index contributed by atoms with van der Waals surface area (Å²) in [5.74, 6) is 0.778. The molecule has 0 spiro atoms. The summed E-state index contributed by atoms with van der Waals surface area (Å²) in [5, 5.41) is 21.2. The fraction of sp³-hybridized carbons (Fsp3) is 0.533. The number of hydrogen-bond acceptors (Lipinski definition) is 4. The average Bonchev–Trinajstić information content (AvgIpc) is 2.41. The highest BCUT2D eigenvalue weighted by Crippen LogP contribution is 2.22. The van der Waals surface area contributed by atoms with Crippen molar-refractivity contribution in [1.29, 1.82) is 5.26 Å². The molecule has 2 unspecified atom stereocenters. The Bertz CT molecular complexity index is 442. The summed E-state index contributed by atoms with van der Waals surface area (Å²) in [4.78, 5) is 0. The number of aliphatic hydroxyl groups excluding tert-OH is 1. The lowest BCUT2D eigenvalue weighted by Gasteiger charge is -2.26. The molecular formula is C15H22N2O2. The van der Waals surface area contributed by atoms with Gasteiger partial charge >= 0.3 is 0 Å². The zero-order chi connectivity index (χ0) is 14.3. The van der Waals surface area contributed by atoms with E-state index >= 15 is 0 Å². The maximum Gasteiger partial charge on any atom is 0.122 e. The highest BCUT2D eigenvalue weighted by atomic mass is 16.5. The van der Waals surface area contributed by atoms with Gasteiger partial charge in [0, 0.05) is 13.0 Å². The Hall–Kier alpha value is -1.57. The summed E-state index contributed by atoms with van der Waals surface area (Å²) in [5.41, 5.74) is 0.394. The molecule has 2 N–H and O–H groups in total. The Kier molecular flexibility index (Phi) is 5.81. The fourth-order valence-corrected chi connectivity index (χ4v) is 1.98. The molecule has 0 aliphatic heterocycles. The third-order valence-corrected chi connectivity index (χ3v) is 3.18. The quantitative estimate of drug-likeness (QED) is 0.787. The molecule has 0 aliphatic rings. The molecule has 0 aliphatic carbocycles. The minimum atomic E-state index is -0.592. The monoisotopic (exact) mass is 262 g/mol. The van der Waals surface area contributed by atoms with Gasteiger partial charge in [0.05, 0.1) is 12.2 Å². The minimum absolute atomic E-state index is 0.0862. The van der Waals surface area contributed by atoms with Crippen LogP contribution >= 0.6 is 0 Å². The molecule has 104 valence electrons. The number of para-hydroxylation sites is 1. The molecule has 4 heteroatoms. The van der Waals surface area contributed by atoms with Crippen LogP contribution in [0.1, 0.15) is 25.8 Å². The van der Waals surface area contributed by atoms with Crippen LogP contribution in [0.4, 0.5) is 0 Å². The van der Waals surface area contributed by atoms with Gasteiger partial charge in [-0.2, -0.15) is 5.26 Å².